The number of amides is 1. The molecule has 2 heterocycles. The van der Waals surface area contributed by atoms with Gasteiger partial charge in [-0.1, -0.05) is 29.4 Å². The van der Waals surface area contributed by atoms with Crippen LogP contribution in [-0.2, 0) is 11.2 Å². The molecule has 1 amide bonds. The third-order valence-electron chi connectivity index (χ3n) is 5.46. The van der Waals surface area contributed by atoms with Crippen molar-refractivity contribution in [3.63, 3.8) is 0 Å². The maximum atomic E-state index is 14.3. The van der Waals surface area contributed by atoms with Gasteiger partial charge >= 0.3 is 0 Å². The summed E-state index contributed by atoms with van der Waals surface area (Å²) in [4.78, 5) is 21.5. The standard InChI is InChI=1S/C24H23ClFN5O3S/c1-13-16(11-17-18(25)6-5-7-19(17)26)14(2)31-23(27-13)29-24(30-31)35-12-22(32)28-20-9-8-15(33-3)10-21(20)34-4/h5-10H,11-12H2,1-4H3,(H,28,32). The van der Waals surface area contributed by atoms with Crippen LogP contribution in [0, 0.1) is 19.7 Å². The first-order chi connectivity index (χ1) is 16.8. The van der Waals surface area contributed by atoms with Gasteiger partial charge in [-0.15, -0.1) is 5.10 Å². The zero-order valence-electron chi connectivity index (χ0n) is 19.6. The molecular formula is C24H23ClFN5O3S. The summed E-state index contributed by atoms with van der Waals surface area (Å²) in [7, 11) is 3.08. The second-order valence-electron chi connectivity index (χ2n) is 7.65. The van der Waals surface area contributed by atoms with E-state index in [9.17, 15) is 9.18 Å². The van der Waals surface area contributed by atoms with E-state index in [-0.39, 0.29) is 23.9 Å². The van der Waals surface area contributed by atoms with Crippen LogP contribution in [0.5, 0.6) is 11.5 Å². The average Bonchev–Trinajstić information content (AvgIpc) is 3.25. The molecule has 0 aliphatic heterocycles. The van der Waals surface area contributed by atoms with Gasteiger partial charge in [-0.25, -0.2) is 13.9 Å². The molecule has 8 nitrogen and oxygen atoms in total. The first-order valence-corrected chi connectivity index (χ1v) is 12.0. The number of aryl methyl sites for hydroxylation is 2. The number of halogens is 2. The number of nitrogens with zero attached hydrogens (tertiary/aromatic N) is 4. The van der Waals surface area contributed by atoms with Gasteiger partial charge in [0.15, 0.2) is 0 Å². The number of methoxy groups -OCH3 is 2. The number of carbonyl (C=O) groups is 1. The van der Waals surface area contributed by atoms with E-state index in [4.69, 9.17) is 21.1 Å². The zero-order valence-corrected chi connectivity index (χ0v) is 21.1. The molecule has 0 saturated heterocycles. The molecule has 0 radical (unpaired) electrons. The van der Waals surface area contributed by atoms with E-state index in [1.165, 1.54) is 24.9 Å². The topological polar surface area (TPSA) is 90.6 Å². The number of aromatic nitrogens is 4. The van der Waals surface area contributed by atoms with Crippen molar-refractivity contribution in [3.05, 3.63) is 69.8 Å². The van der Waals surface area contributed by atoms with E-state index in [1.54, 1.807) is 42.0 Å². The summed E-state index contributed by atoms with van der Waals surface area (Å²) >= 11 is 7.40. The molecule has 4 rings (SSSR count). The summed E-state index contributed by atoms with van der Waals surface area (Å²) in [5.74, 6) is 0.994. The van der Waals surface area contributed by atoms with Gasteiger partial charge in [-0.05, 0) is 43.7 Å². The molecule has 0 atom stereocenters. The third-order valence-corrected chi connectivity index (χ3v) is 6.65. The summed E-state index contributed by atoms with van der Waals surface area (Å²) < 4.78 is 26.4. The summed E-state index contributed by atoms with van der Waals surface area (Å²) in [5, 5.41) is 8.07. The molecule has 0 saturated carbocycles. The Hall–Kier alpha value is -3.37. The average molecular weight is 516 g/mol. The van der Waals surface area contributed by atoms with Crippen LogP contribution in [0.4, 0.5) is 10.1 Å². The van der Waals surface area contributed by atoms with Gasteiger partial charge in [0, 0.05) is 34.5 Å². The molecule has 0 unspecified atom stereocenters. The van der Waals surface area contributed by atoms with Gasteiger partial charge in [0.1, 0.15) is 17.3 Å². The molecular weight excluding hydrogens is 493 g/mol. The summed E-state index contributed by atoms with van der Waals surface area (Å²) in [6, 6.07) is 9.75. The monoisotopic (exact) mass is 515 g/mol. The van der Waals surface area contributed by atoms with E-state index in [2.05, 4.69) is 20.4 Å². The lowest BCUT2D eigenvalue weighted by molar-refractivity contribution is -0.113. The largest absolute Gasteiger partial charge is 0.497 e. The molecule has 0 bridgehead atoms. The highest BCUT2D eigenvalue weighted by Gasteiger charge is 2.18. The quantitative estimate of drug-likeness (QED) is 0.335. The Bertz CT molecular complexity index is 1390. The van der Waals surface area contributed by atoms with E-state index in [0.29, 0.717) is 44.4 Å². The van der Waals surface area contributed by atoms with Crippen molar-refractivity contribution < 1.29 is 18.7 Å². The maximum absolute atomic E-state index is 14.3. The molecule has 0 aliphatic rings. The zero-order chi connectivity index (χ0) is 25.1. The number of nitrogens with one attached hydrogen (secondary N) is 1. The number of anilines is 1. The molecule has 1 N–H and O–H groups in total. The summed E-state index contributed by atoms with van der Waals surface area (Å²) in [6.07, 6.45) is 0.278. The maximum Gasteiger partial charge on any atom is 0.253 e. The minimum Gasteiger partial charge on any atom is -0.497 e. The highest BCUT2D eigenvalue weighted by molar-refractivity contribution is 7.99. The number of benzene rings is 2. The Labute approximate surface area is 210 Å². The van der Waals surface area contributed by atoms with Crippen molar-refractivity contribution in [1.82, 2.24) is 19.6 Å². The minimum absolute atomic E-state index is 0.0851. The van der Waals surface area contributed by atoms with Crippen molar-refractivity contribution in [2.75, 3.05) is 25.3 Å². The number of carbonyl (C=O) groups excluding carboxylic acids is 1. The van der Waals surface area contributed by atoms with Crippen molar-refractivity contribution in [2.45, 2.75) is 25.4 Å². The molecule has 182 valence electrons. The van der Waals surface area contributed by atoms with E-state index >= 15 is 0 Å². The van der Waals surface area contributed by atoms with Crippen LogP contribution in [0.3, 0.4) is 0 Å². The lowest BCUT2D eigenvalue weighted by atomic mass is 10.0. The Balaban J connectivity index is 1.50. The van der Waals surface area contributed by atoms with Crippen molar-refractivity contribution >= 4 is 40.7 Å². The van der Waals surface area contributed by atoms with Crippen molar-refractivity contribution in [2.24, 2.45) is 0 Å². The molecule has 35 heavy (non-hydrogen) atoms. The second kappa shape index (κ2) is 10.5. The Morgan fingerprint density at radius 2 is 1.94 bits per heavy atom. The van der Waals surface area contributed by atoms with Gasteiger partial charge in [-0.2, -0.15) is 4.98 Å². The highest BCUT2D eigenvalue weighted by Crippen LogP contribution is 2.30. The van der Waals surface area contributed by atoms with Crippen LogP contribution >= 0.6 is 23.4 Å². The summed E-state index contributed by atoms with van der Waals surface area (Å²) in [6.45, 7) is 3.71. The lowest BCUT2D eigenvalue weighted by Gasteiger charge is -2.12. The predicted molar refractivity (Wildman–Crippen MR) is 133 cm³/mol. The molecule has 11 heteroatoms. The first-order valence-electron chi connectivity index (χ1n) is 10.6. The Morgan fingerprint density at radius 3 is 2.66 bits per heavy atom. The van der Waals surface area contributed by atoms with Crippen LogP contribution in [-0.4, -0.2) is 45.5 Å². The molecule has 0 aliphatic carbocycles. The Morgan fingerprint density at radius 1 is 1.14 bits per heavy atom. The number of hydrogen-bond acceptors (Lipinski definition) is 7. The fourth-order valence-electron chi connectivity index (χ4n) is 3.60. The Kier molecular flexibility index (Phi) is 7.42. The van der Waals surface area contributed by atoms with Crippen LogP contribution in [0.2, 0.25) is 5.02 Å². The molecule has 0 fully saturated rings. The summed E-state index contributed by atoms with van der Waals surface area (Å²) in [5.41, 5.74) is 3.24. The highest BCUT2D eigenvalue weighted by atomic mass is 35.5. The second-order valence-corrected chi connectivity index (χ2v) is 9.00. The molecule has 2 aromatic carbocycles. The number of ether oxygens (including phenoxy) is 2. The first kappa shape index (κ1) is 24.7. The molecule has 4 aromatic rings. The van der Waals surface area contributed by atoms with Crippen molar-refractivity contribution in [3.8, 4) is 11.5 Å². The third kappa shape index (κ3) is 5.33. The molecule has 2 aromatic heterocycles. The fraction of sp³-hybridized carbons (Fsp3) is 0.250. The van der Waals surface area contributed by atoms with E-state index in [0.717, 1.165) is 11.3 Å². The van der Waals surface area contributed by atoms with Gasteiger partial charge in [0.05, 0.1) is 25.7 Å². The smallest absolute Gasteiger partial charge is 0.253 e. The van der Waals surface area contributed by atoms with Gasteiger partial charge < -0.3 is 14.8 Å². The van der Waals surface area contributed by atoms with Gasteiger partial charge in [-0.3, -0.25) is 4.79 Å². The molecule has 0 spiro atoms. The minimum atomic E-state index is -0.370. The van der Waals surface area contributed by atoms with E-state index < -0.39 is 0 Å². The van der Waals surface area contributed by atoms with Gasteiger partial charge in [0.2, 0.25) is 11.1 Å². The normalized spacial score (nSPS) is 11.0. The van der Waals surface area contributed by atoms with Crippen LogP contribution in [0.25, 0.3) is 5.78 Å². The van der Waals surface area contributed by atoms with E-state index in [1.807, 2.05) is 13.8 Å². The van der Waals surface area contributed by atoms with Crippen LogP contribution in [0.15, 0.2) is 41.6 Å². The predicted octanol–water partition coefficient (Wildman–Crippen LogP) is 4.87. The number of hydrogen-bond donors (Lipinski definition) is 1. The van der Waals surface area contributed by atoms with Crippen LogP contribution in [0.1, 0.15) is 22.5 Å². The van der Waals surface area contributed by atoms with Crippen LogP contribution < -0.4 is 14.8 Å². The number of rotatable bonds is 8. The van der Waals surface area contributed by atoms with Gasteiger partial charge in [0.25, 0.3) is 5.78 Å². The number of thioether (sulfide) groups is 1. The fourth-order valence-corrected chi connectivity index (χ4v) is 4.45. The van der Waals surface area contributed by atoms with Crippen molar-refractivity contribution in [1.29, 1.82) is 0 Å². The lowest BCUT2D eigenvalue weighted by Crippen LogP contribution is -2.14. The SMILES string of the molecule is COc1ccc(NC(=O)CSc2nc3nc(C)c(Cc4c(F)cccc4Cl)c(C)n3n2)c(OC)c1. The number of fused-ring (bicyclic) bond motifs is 1.